The molecule has 1 aromatic carbocycles. The topological polar surface area (TPSA) is 46.6 Å². The van der Waals surface area contributed by atoms with Crippen LogP contribution in [0.15, 0.2) is 30.3 Å². The van der Waals surface area contributed by atoms with Crippen molar-refractivity contribution in [2.45, 2.75) is 32.9 Å². The first-order valence-corrected chi connectivity index (χ1v) is 7.53. The van der Waals surface area contributed by atoms with E-state index in [0.717, 1.165) is 5.56 Å². The van der Waals surface area contributed by atoms with Gasteiger partial charge in [-0.15, -0.1) is 0 Å². The van der Waals surface area contributed by atoms with Gasteiger partial charge in [0.15, 0.2) is 0 Å². The highest BCUT2D eigenvalue weighted by molar-refractivity contribution is 9.09. The minimum atomic E-state index is -0.549. The second-order valence-corrected chi connectivity index (χ2v) is 6.02. The first-order chi connectivity index (χ1) is 9.31. The Labute approximate surface area is 128 Å². The molecule has 5 heteroatoms. The smallest absolute Gasteiger partial charge is 0.326 e. The van der Waals surface area contributed by atoms with E-state index in [2.05, 4.69) is 15.9 Å². The highest BCUT2D eigenvalue weighted by atomic mass is 79.9. The molecular weight excluding hydrogens is 322 g/mol. The Morgan fingerprint density at radius 3 is 2.30 bits per heavy atom. The van der Waals surface area contributed by atoms with Crippen LogP contribution in [0.2, 0.25) is 0 Å². The van der Waals surface area contributed by atoms with E-state index in [1.807, 2.05) is 30.3 Å². The Balaban J connectivity index is 2.70. The molecule has 0 saturated heterocycles. The molecular formula is C15H20BrNO3. The van der Waals surface area contributed by atoms with Gasteiger partial charge in [0.2, 0.25) is 5.91 Å². The number of ether oxygens (including phenoxy) is 1. The zero-order valence-corrected chi connectivity index (χ0v) is 13.6. The first-order valence-electron chi connectivity index (χ1n) is 6.41. The van der Waals surface area contributed by atoms with E-state index in [1.54, 1.807) is 20.8 Å². The van der Waals surface area contributed by atoms with Crippen molar-refractivity contribution in [1.29, 1.82) is 0 Å². The highest BCUT2D eigenvalue weighted by Crippen LogP contribution is 2.10. The summed E-state index contributed by atoms with van der Waals surface area (Å²) in [4.78, 5) is 25.2. The molecule has 0 saturated carbocycles. The monoisotopic (exact) mass is 341 g/mol. The van der Waals surface area contributed by atoms with Crippen molar-refractivity contribution in [3.05, 3.63) is 35.9 Å². The van der Waals surface area contributed by atoms with E-state index >= 15 is 0 Å². The molecule has 0 unspecified atom stereocenters. The van der Waals surface area contributed by atoms with Gasteiger partial charge < -0.3 is 9.64 Å². The van der Waals surface area contributed by atoms with E-state index in [-0.39, 0.29) is 17.8 Å². The fourth-order valence-electron chi connectivity index (χ4n) is 1.65. The number of alkyl halides is 1. The molecule has 20 heavy (non-hydrogen) atoms. The van der Waals surface area contributed by atoms with Crippen LogP contribution in [0.25, 0.3) is 0 Å². The van der Waals surface area contributed by atoms with Crippen molar-refractivity contribution in [2.75, 3.05) is 11.9 Å². The Hall–Kier alpha value is -1.36. The number of benzene rings is 1. The summed E-state index contributed by atoms with van der Waals surface area (Å²) in [6.07, 6.45) is 0. The number of esters is 1. The molecule has 0 aromatic heterocycles. The summed E-state index contributed by atoms with van der Waals surface area (Å²) >= 11 is 3.14. The van der Waals surface area contributed by atoms with Crippen molar-refractivity contribution in [3.63, 3.8) is 0 Å². The molecule has 0 N–H and O–H groups in total. The lowest BCUT2D eigenvalue weighted by atomic mass is 10.2. The zero-order valence-electron chi connectivity index (χ0n) is 12.1. The Bertz CT molecular complexity index is 454. The van der Waals surface area contributed by atoms with Crippen LogP contribution < -0.4 is 0 Å². The van der Waals surface area contributed by atoms with Gasteiger partial charge in [0.25, 0.3) is 0 Å². The molecule has 1 amide bonds. The minimum Gasteiger partial charge on any atom is -0.459 e. The average Bonchev–Trinajstić information content (AvgIpc) is 2.36. The van der Waals surface area contributed by atoms with Gasteiger partial charge in [-0.3, -0.25) is 9.59 Å². The minimum absolute atomic E-state index is 0.0450. The number of carbonyl (C=O) groups is 2. The third-order valence-electron chi connectivity index (χ3n) is 2.42. The van der Waals surface area contributed by atoms with E-state index in [9.17, 15) is 9.59 Å². The molecule has 0 aliphatic heterocycles. The standard InChI is InChI=1S/C15H20BrNO3/c1-15(2,3)20-14(19)11-17(13(18)9-16)10-12-7-5-4-6-8-12/h4-8H,9-11H2,1-3H3. The van der Waals surface area contributed by atoms with E-state index in [4.69, 9.17) is 4.74 Å². The van der Waals surface area contributed by atoms with Gasteiger partial charge in [-0.2, -0.15) is 0 Å². The maximum absolute atomic E-state index is 11.9. The molecule has 0 bridgehead atoms. The molecule has 4 nitrogen and oxygen atoms in total. The Morgan fingerprint density at radius 2 is 1.80 bits per heavy atom. The number of rotatable bonds is 5. The van der Waals surface area contributed by atoms with Crippen molar-refractivity contribution in [2.24, 2.45) is 0 Å². The van der Waals surface area contributed by atoms with Crippen LogP contribution >= 0.6 is 15.9 Å². The van der Waals surface area contributed by atoms with Crippen LogP contribution in [0.4, 0.5) is 0 Å². The Morgan fingerprint density at radius 1 is 1.20 bits per heavy atom. The summed E-state index contributed by atoms with van der Waals surface area (Å²) < 4.78 is 5.25. The van der Waals surface area contributed by atoms with Crippen LogP contribution in [0.3, 0.4) is 0 Å². The number of halogens is 1. The predicted molar refractivity (Wildman–Crippen MR) is 81.5 cm³/mol. The molecule has 0 fully saturated rings. The predicted octanol–water partition coefficient (Wildman–Crippen LogP) is 2.75. The summed E-state index contributed by atoms with van der Waals surface area (Å²) in [6, 6.07) is 9.56. The molecule has 110 valence electrons. The normalized spacial score (nSPS) is 11.0. The lowest BCUT2D eigenvalue weighted by Crippen LogP contribution is -2.38. The Kier molecular flexibility index (Phi) is 6.20. The van der Waals surface area contributed by atoms with Crippen molar-refractivity contribution >= 4 is 27.8 Å². The van der Waals surface area contributed by atoms with Gasteiger partial charge in [-0.25, -0.2) is 0 Å². The number of carbonyl (C=O) groups excluding carboxylic acids is 2. The highest BCUT2D eigenvalue weighted by Gasteiger charge is 2.21. The molecule has 0 spiro atoms. The SMILES string of the molecule is CC(C)(C)OC(=O)CN(Cc1ccccc1)C(=O)CBr. The molecule has 1 rings (SSSR count). The van der Waals surface area contributed by atoms with Crippen molar-refractivity contribution in [3.8, 4) is 0 Å². The molecule has 0 aliphatic rings. The molecule has 0 aliphatic carbocycles. The van der Waals surface area contributed by atoms with Crippen molar-refractivity contribution < 1.29 is 14.3 Å². The van der Waals surface area contributed by atoms with Crippen molar-refractivity contribution in [1.82, 2.24) is 4.90 Å². The maximum Gasteiger partial charge on any atom is 0.326 e. The lowest BCUT2D eigenvalue weighted by molar-refractivity contribution is -0.158. The molecule has 0 heterocycles. The first kappa shape index (κ1) is 16.7. The van der Waals surface area contributed by atoms with Gasteiger partial charge in [-0.1, -0.05) is 46.3 Å². The number of hydrogen-bond acceptors (Lipinski definition) is 3. The van der Waals surface area contributed by atoms with Gasteiger partial charge >= 0.3 is 5.97 Å². The fourth-order valence-corrected chi connectivity index (χ4v) is 2.00. The third-order valence-corrected chi connectivity index (χ3v) is 2.90. The van der Waals surface area contributed by atoms with E-state index in [1.165, 1.54) is 4.90 Å². The molecule has 1 aromatic rings. The van der Waals surface area contributed by atoms with Crippen LogP contribution in [0, 0.1) is 0 Å². The van der Waals surface area contributed by atoms with Gasteiger partial charge in [0.1, 0.15) is 12.1 Å². The van der Waals surface area contributed by atoms with Gasteiger partial charge in [-0.05, 0) is 26.3 Å². The van der Waals surface area contributed by atoms with Gasteiger partial charge in [0.05, 0.1) is 5.33 Å². The number of hydrogen-bond donors (Lipinski definition) is 0. The van der Waals surface area contributed by atoms with Crippen LogP contribution in [-0.4, -0.2) is 34.3 Å². The fraction of sp³-hybridized carbons (Fsp3) is 0.467. The summed E-state index contributed by atoms with van der Waals surface area (Å²) in [5.74, 6) is -0.539. The number of nitrogens with zero attached hydrogens (tertiary/aromatic N) is 1. The molecule has 0 atom stereocenters. The van der Waals surface area contributed by atoms with Gasteiger partial charge in [0, 0.05) is 6.54 Å². The van der Waals surface area contributed by atoms with E-state index in [0.29, 0.717) is 6.54 Å². The summed E-state index contributed by atoms with van der Waals surface area (Å²) in [7, 11) is 0. The largest absolute Gasteiger partial charge is 0.459 e. The quantitative estimate of drug-likeness (QED) is 0.611. The van der Waals surface area contributed by atoms with Crippen LogP contribution in [-0.2, 0) is 20.9 Å². The maximum atomic E-state index is 11.9. The second-order valence-electron chi connectivity index (χ2n) is 5.46. The number of amides is 1. The van der Waals surface area contributed by atoms with Crippen LogP contribution in [0.1, 0.15) is 26.3 Å². The summed E-state index contributed by atoms with van der Waals surface area (Å²) in [6.45, 7) is 5.76. The average molecular weight is 342 g/mol. The van der Waals surface area contributed by atoms with E-state index < -0.39 is 11.6 Å². The second kappa shape index (κ2) is 7.43. The van der Waals surface area contributed by atoms with Crippen LogP contribution in [0.5, 0.6) is 0 Å². The third kappa shape index (κ3) is 6.19. The summed E-state index contributed by atoms with van der Waals surface area (Å²) in [5, 5.41) is 0.183. The summed E-state index contributed by atoms with van der Waals surface area (Å²) in [5.41, 5.74) is 0.429. The zero-order chi connectivity index (χ0) is 15.2. The molecule has 0 radical (unpaired) electrons. The lowest BCUT2D eigenvalue weighted by Gasteiger charge is -2.24.